The molecule has 1 aromatic rings. The number of carbonyl (C=O) groups excluding carboxylic acids is 1. The van der Waals surface area contributed by atoms with Crippen molar-refractivity contribution in [2.24, 2.45) is 5.73 Å². The molecule has 0 bridgehead atoms. The SMILES string of the molecule is COc1cc(F)c(C(N)=O)cc1Cl. The lowest BCUT2D eigenvalue weighted by Crippen LogP contribution is -2.13. The fourth-order valence-corrected chi connectivity index (χ4v) is 1.11. The van der Waals surface area contributed by atoms with Crippen molar-refractivity contribution in [3.63, 3.8) is 0 Å². The summed E-state index contributed by atoms with van der Waals surface area (Å²) in [5, 5.41) is 0.151. The van der Waals surface area contributed by atoms with Gasteiger partial charge >= 0.3 is 0 Å². The lowest BCUT2D eigenvalue weighted by molar-refractivity contribution is 0.0996. The number of methoxy groups -OCH3 is 1. The van der Waals surface area contributed by atoms with Gasteiger partial charge < -0.3 is 10.5 Å². The van der Waals surface area contributed by atoms with Crippen molar-refractivity contribution >= 4 is 17.5 Å². The molecular weight excluding hydrogens is 197 g/mol. The van der Waals surface area contributed by atoms with E-state index >= 15 is 0 Å². The van der Waals surface area contributed by atoms with Crippen molar-refractivity contribution in [3.8, 4) is 5.75 Å². The molecule has 0 spiro atoms. The highest BCUT2D eigenvalue weighted by molar-refractivity contribution is 6.32. The third-order valence-corrected chi connectivity index (χ3v) is 1.80. The van der Waals surface area contributed by atoms with Crippen molar-refractivity contribution in [1.82, 2.24) is 0 Å². The van der Waals surface area contributed by atoms with Gasteiger partial charge in [0.25, 0.3) is 5.91 Å². The Bertz CT molecular complexity index is 354. The topological polar surface area (TPSA) is 52.3 Å². The molecule has 0 aliphatic rings. The van der Waals surface area contributed by atoms with E-state index in [-0.39, 0.29) is 16.3 Å². The number of primary amides is 1. The van der Waals surface area contributed by atoms with Crippen LogP contribution in [0.3, 0.4) is 0 Å². The van der Waals surface area contributed by atoms with Gasteiger partial charge in [0, 0.05) is 6.07 Å². The highest BCUT2D eigenvalue weighted by Gasteiger charge is 2.12. The van der Waals surface area contributed by atoms with Crippen molar-refractivity contribution in [2.75, 3.05) is 7.11 Å². The van der Waals surface area contributed by atoms with Crippen LogP contribution >= 0.6 is 11.6 Å². The first-order valence-corrected chi connectivity index (χ1v) is 3.77. The molecule has 0 unspecified atom stereocenters. The lowest BCUT2D eigenvalue weighted by atomic mass is 10.2. The Morgan fingerprint density at radius 3 is 2.69 bits per heavy atom. The van der Waals surface area contributed by atoms with Crippen LogP contribution in [0, 0.1) is 5.82 Å². The predicted octanol–water partition coefficient (Wildman–Crippen LogP) is 1.59. The molecule has 0 saturated carbocycles. The van der Waals surface area contributed by atoms with Crippen molar-refractivity contribution in [3.05, 3.63) is 28.5 Å². The normalized spacial score (nSPS) is 9.77. The first kappa shape index (κ1) is 9.80. The number of ether oxygens (including phenoxy) is 1. The Morgan fingerprint density at radius 2 is 2.23 bits per heavy atom. The summed E-state index contributed by atoms with van der Waals surface area (Å²) in [4.78, 5) is 10.7. The molecule has 0 aromatic heterocycles. The van der Waals surface area contributed by atoms with Crippen LogP contribution in [-0.4, -0.2) is 13.0 Å². The minimum atomic E-state index is -0.859. The van der Waals surface area contributed by atoms with Gasteiger partial charge in [0.2, 0.25) is 0 Å². The molecule has 0 fully saturated rings. The van der Waals surface area contributed by atoms with Gasteiger partial charge in [-0.3, -0.25) is 4.79 Å². The maximum absolute atomic E-state index is 13.0. The largest absolute Gasteiger partial charge is 0.495 e. The molecule has 0 aliphatic heterocycles. The molecule has 1 rings (SSSR count). The molecule has 1 aromatic carbocycles. The number of hydrogen-bond donors (Lipinski definition) is 1. The maximum atomic E-state index is 13.0. The molecule has 0 aliphatic carbocycles. The number of carbonyl (C=O) groups is 1. The summed E-state index contributed by atoms with van der Waals surface area (Å²) in [6, 6.07) is 2.15. The van der Waals surface area contributed by atoms with Crippen LogP contribution in [0.2, 0.25) is 5.02 Å². The van der Waals surface area contributed by atoms with E-state index in [0.717, 1.165) is 12.1 Å². The third kappa shape index (κ3) is 1.89. The summed E-state index contributed by atoms with van der Waals surface area (Å²) >= 11 is 5.65. The molecule has 2 N–H and O–H groups in total. The number of halogens is 2. The smallest absolute Gasteiger partial charge is 0.251 e. The van der Waals surface area contributed by atoms with Gasteiger partial charge in [-0.2, -0.15) is 0 Å². The van der Waals surface area contributed by atoms with Crippen molar-refractivity contribution in [1.29, 1.82) is 0 Å². The predicted molar refractivity (Wildman–Crippen MR) is 46.5 cm³/mol. The van der Waals surface area contributed by atoms with E-state index in [1.807, 2.05) is 0 Å². The van der Waals surface area contributed by atoms with Gasteiger partial charge in [0.1, 0.15) is 11.6 Å². The summed E-state index contributed by atoms with van der Waals surface area (Å²) in [5.74, 6) is -1.43. The van der Waals surface area contributed by atoms with Crippen molar-refractivity contribution in [2.45, 2.75) is 0 Å². The first-order chi connectivity index (χ1) is 6.06. The van der Waals surface area contributed by atoms with E-state index in [9.17, 15) is 9.18 Å². The number of benzene rings is 1. The van der Waals surface area contributed by atoms with Gasteiger partial charge in [-0.15, -0.1) is 0 Å². The average molecular weight is 204 g/mol. The standard InChI is InChI=1S/C8H7ClFNO2/c1-13-7-3-6(10)4(8(11)12)2-5(7)9/h2-3H,1H3,(H2,11,12). The molecule has 0 heterocycles. The summed E-state index contributed by atoms with van der Waals surface area (Å²) in [7, 11) is 1.35. The summed E-state index contributed by atoms with van der Waals surface area (Å²) in [6.07, 6.45) is 0. The Labute approximate surface area is 79.2 Å². The molecular formula is C8H7ClFNO2. The van der Waals surface area contributed by atoms with E-state index < -0.39 is 11.7 Å². The zero-order chi connectivity index (χ0) is 10.0. The number of rotatable bonds is 2. The molecule has 1 amide bonds. The van der Waals surface area contributed by atoms with E-state index in [0.29, 0.717) is 0 Å². The lowest BCUT2D eigenvalue weighted by Gasteiger charge is -2.04. The molecule has 0 saturated heterocycles. The number of amides is 1. The van der Waals surface area contributed by atoms with Gasteiger partial charge in [0.05, 0.1) is 17.7 Å². The summed E-state index contributed by atoms with van der Waals surface area (Å²) in [6.45, 7) is 0. The molecule has 0 radical (unpaired) electrons. The summed E-state index contributed by atoms with van der Waals surface area (Å²) in [5.41, 5.74) is 4.65. The first-order valence-electron chi connectivity index (χ1n) is 3.39. The average Bonchev–Trinajstić information content (AvgIpc) is 2.07. The second kappa shape index (κ2) is 3.62. The van der Waals surface area contributed by atoms with E-state index in [1.54, 1.807) is 0 Å². The van der Waals surface area contributed by atoms with Crippen LogP contribution in [0.4, 0.5) is 4.39 Å². The second-order valence-electron chi connectivity index (χ2n) is 2.33. The highest BCUT2D eigenvalue weighted by Crippen LogP contribution is 2.26. The summed E-state index contributed by atoms with van der Waals surface area (Å²) < 4.78 is 17.8. The van der Waals surface area contributed by atoms with Crippen LogP contribution in [0.1, 0.15) is 10.4 Å². The van der Waals surface area contributed by atoms with E-state index in [2.05, 4.69) is 0 Å². The fourth-order valence-electron chi connectivity index (χ4n) is 0.874. The molecule has 3 nitrogen and oxygen atoms in total. The van der Waals surface area contributed by atoms with Crippen LogP contribution < -0.4 is 10.5 Å². The second-order valence-corrected chi connectivity index (χ2v) is 2.74. The molecule has 70 valence electrons. The maximum Gasteiger partial charge on any atom is 0.251 e. The van der Waals surface area contributed by atoms with Gasteiger partial charge in [0.15, 0.2) is 0 Å². The zero-order valence-electron chi connectivity index (χ0n) is 6.80. The minimum absolute atomic E-state index is 0.151. The van der Waals surface area contributed by atoms with Crippen LogP contribution in [0.15, 0.2) is 12.1 Å². The van der Waals surface area contributed by atoms with E-state index in [1.165, 1.54) is 7.11 Å². The monoisotopic (exact) mass is 203 g/mol. The molecule has 0 atom stereocenters. The highest BCUT2D eigenvalue weighted by atomic mass is 35.5. The Morgan fingerprint density at radius 1 is 1.62 bits per heavy atom. The Kier molecular flexibility index (Phi) is 2.72. The van der Waals surface area contributed by atoms with Gasteiger partial charge in [-0.25, -0.2) is 4.39 Å². The Balaban J connectivity index is 3.28. The fraction of sp³-hybridized carbons (Fsp3) is 0.125. The quantitative estimate of drug-likeness (QED) is 0.794. The Hall–Kier alpha value is -1.29. The molecule has 13 heavy (non-hydrogen) atoms. The number of hydrogen-bond acceptors (Lipinski definition) is 2. The van der Waals surface area contributed by atoms with Crippen LogP contribution in [0.25, 0.3) is 0 Å². The van der Waals surface area contributed by atoms with Crippen LogP contribution in [-0.2, 0) is 0 Å². The van der Waals surface area contributed by atoms with Gasteiger partial charge in [-0.1, -0.05) is 11.6 Å². The van der Waals surface area contributed by atoms with Crippen molar-refractivity contribution < 1.29 is 13.9 Å². The van der Waals surface area contributed by atoms with Crippen LogP contribution in [0.5, 0.6) is 5.75 Å². The zero-order valence-corrected chi connectivity index (χ0v) is 7.56. The minimum Gasteiger partial charge on any atom is -0.495 e. The van der Waals surface area contributed by atoms with Gasteiger partial charge in [-0.05, 0) is 6.07 Å². The molecule has 5 heteroatoms. The number of nitrogens with two attached hydrogens (primary N) is 1. The third-order valence-electron chi connectivity index (χ3n) is 1.51. The van der Waals surface area contributed by atoms with E-state index in [4.69, 9.17) is 22.1 Å².